The zero-order chi connectivity index (χ0) is 21.2. The van der Waals surface area contributed by atoms with Crippen molar-refractivity contribution in [3.05, 3.63) is 77.0 Å². The van der Waals surface area contributed by atoms with Gasteiger partial charge in [-0.25, -0.2) is 9.24 Å². The summed E-state index contributed by atoms with van der Waals surface area (Å²) in [5.74, 6) is -0.913. The number of nitrogens with one attached hydrogen (secondary N) is 2. The maximum Gasteiger partial charge on any atom is 0.256 e. The van der Waals surface area contributed by atoms with Crippen LogP contribution in [0.5, 0.6) is 0 Å². The molecule has 0 bridgehead atoms. The fourth-order valence-electron chi connectivity index (χ4n) is 3.47. The van der Waals surface area contributed by atoms with Gasteiger partial charge in [0.1, 0.15) is 5.82 Å². The molecule has 3 rings (SSSR count). The highest BCUT2D eigenvalue weighted by Crippen LogP contribution is 2.41. The van der Waals surface area contributed by atoms with Gasteiger partial charge in [0.05, 0.1) is 17.7 Å². The third kappa shape index (κ3) is 4.09. The highest BCUT2D eigenvalue weighted by molar-refractivity contribution is 5.94. The molecule has 1 aliphatic carbocycles. The van der Waals surface area contributed by atoms with Gasteiger partial charge in [0.15, 0.2) is 5.69 Å². The molecule has 0 radical (unpaired) electrons. The molecule has 2 aromatic carbocycles. The van der Waals surface area contributed by atoms with Gasteiger partial charge in [-0.3, -0.25) is 4.79 Å². The van der Waals surface area contributed by atoms with Gasteiger partial charge in [-0.15, -0.1) is 0 Å². The number of benzene rings is 2. The molecule has 1 saturated carbocycles. The zero-order valence-electron chi connectivity index (χ0n) is 17.0. The van der Waals surface area contributed by atoms with Crippen LogP contribution < -0.4 is 10.6 Å². The van der Waals surface area contributed by atoms with Crippen molar-refractivity contribution >= 4 is 23.0 Å². The van der Waals surface area contributed by atoms with Crippen LogP contribution in [0.2, 0.25) is 0 Å². The summed E-state index contributed by atoms with van der Waals surface area (Å²) in [5.41, 5.74) is 3.47. The second-order valence-electron chi connectivity index (χ2n) is 7.67. The molecule has 1 aliphatic rings. The second-order valence-corrected chi connectivity index (χ2v) is 7.67. The number of anilines is 2. The molecule has 29 heavy (non-hydrogen) atoms. The van der Waals surface area contributed by atoms with E-state index in [-0.39, 0.29) is 17.0 Å². The number of rotatable bonds is 6. The summed E-state index contributed by atoms with van der Waals surface area (Å²) in [4.78, 5) is 16.9. The van der Waals surface area contributed by atoms with Crippen molar-refractivity contribution in [2.75, 3.05) is 24.7 Å². The summed E-state index contributed by atoms with van der Waals surface area (Å²) < 4.78 is 14.5. The number of aryl methyl sites for hydroxylation is 1. The minimum absolute atomic E-state index is 0.0514. The lowest BCUT2D eigenvalue weighted by atomic mass is 9.74. The first-order valence-electron chi connectivity index (χ1n) is 9.50. The minimum atomic E-state index is -0.549. The van der Waals surface area contributed by atoms with Crippen molar-refractivity contribution < 1.29 is 9.18 Å². The summed E-state index contributed by atoms with van der Waals surface area (Å²) in [6, 6.07) is 10.2. The summed E-state index contributed by atoms with van der Waals surface area (Å²) in [7, 11) is 3.19. The number of halogens is 1. The topological polar surface area (TPSA) is 48.7 Å². The van der Waals surface area contributed by atoms with Gasteiger partial charge in [-0.1, -0.05) is 12.6 Å². The Kier molecular flexibility index (Phi) is 5.60. The predicted octanol–water partition coefficient (Wildman–Crippen LogP) is 5.35. The van der Waals surface area contributed by atoms with Crippen molar-refractivity contribution in [2.24, 2.45) is 0 Å². The molecule has 6 heteroatoms. The van der Waals surface area contributed by atoms with Crippen LogP contribution in [-0.4, -0.2) is 30.4 Å². The molecule has 1 amide bonds. The molecular weight excluding hydrogens is 367 g/mol. The normalized spacial score (nSPS) is 14.3. The Labute approximate surface area is 171 Å². The Hall–Kier alpha value is -3.33. The SMILES string of the molecule is [C-]#[N+]c1ccc(NC(=C)C2(Nc3ccc(C(=O)N(C)C)c(F)c3)CCC2)cc1C. The maximum absolute atomic E-state index is 14.5. The quantitative estimate of drug-likeness (QED) is 0.652. The molecule has 0 aliphatic heterocycles. The maximum atomic E-state index is 14.5. The zero-order valence-corrected chi connectivity index (χ0v) is 17.0. The second kappa shape index (κ2) is 7.96. The highest BCUT2D eigenvalue weighted by atomic mass is 19.1. The number of carbonyl (C=O) groups is 1. The van der Waals surface area contributed by atoms with Crippen LogP contribution >= 0.6 is 0 Å². The number of hydrogen-bond acceptors (Lipinski definition) is 3. The van der Waals surface area contributed by atoms with Crippen LogP contribution in [0.4, 0.5) is 21.5 Å². The van der Waals surface area contributed by atoms with E-state index >= 15 is 0 Å². The Bertz CT molecular complexity index is 1000. The number of hydrogen-bond donors (Lipinski definition) is 2. The van der Waals surface area contributed by atoms with Gasteiger partial charge in [-0.05, 0) is 62.1 Å². The smallest absolute Gasteiger partial charge is 0.256 e. The minimum Gasteiger partial charge on any atom is -0.374 e. The van der Waals surface area contributed by atoms with Crippen LogP contribution in [0.1, 0.15) is 35.2 Å². The predicted molar refractivity (Wildman–Crippen MR) is 115 cm³/mol. The van der Waals surface area contributed by atoms with E-state index in [2.05, 4.69) is 22.1 Å². The first kappa shape index (κ1) is 20.4. The van der Waals surface area contributed by atoms with Crippen molar-refractivity contribution in [1.82, 2.24) is 4.90 Å². The van der Waals surface area contributed by atoms with Crippen LogP contribution in [0.15, 0.2) is 48.7 Å². The van der Waals surface area contributed by atoms with Gasteiger partial charge >= 0.3 is 0 Å². The fraction of sp³-hybridized carbons (Fsp3) is 0.304. The van der Waals surface area contributed by atoms with E-state index in [1.807, 2.05) is 19.1 Å². The molecule has 2 aromatic rings. The Morgan fingerprint density at radius 3 is 2.41 bits per heavy atom. The summed E-state index contributed by atoms with van der Waals surface area (Å²) >= 11 is 0. The molecule has 0 heterocycles. The van der Waals surface area contributed by atoms with Crippen molar-refractivity contribution in [3.63, 3.8) is 0 Å². The lowest BCUT2D eigenvalue weighted by molar-refractivity contribution is 0.0823. The van der Waals surface area contributed by atoms with E-state index in [0.29, 0.717) is 11.4 Å². The van der Waals surface area contributed by atoms with Crippen LogP contribution in [0.3, 0.4) is 0 Å². The van der Waals surface area contributed by atoms with Gasteiger partial charge in [0.2, 0.25) is 0 Å². The molecule has 150 valence electrons. The Morgan fingerprint density at radius 2 is 1.90 bits per heavy atom. The monoisotopic (exact) mass is 392 g/mol. The molecule has 5 nitrogen and oxygen atoms in total. The molecule has 0 unspecified atom stereocenters. The van der Waals surface area contributed by atoms with Gasteiger partial charge < -0.3 is 15.5 Å². The third-order valence-corrected chi connectivity index (χ3v) is 5.39. The lowest BCUT2D eigenvalue weighted by Gasteiger charge is -2.45. The first-order chi connectivity index (χ1) is 13.8. The molecule has 0 aromatic heterocycles. The summed E-state index contributed by atoms with van der Waals surface area (Å²) in [6.07, 6.45) is 2.79. The van der Waals surface area contributed by atoms with Crippen molar-refractivity contribution in [1.29, 1.82) is 0 Å². The van der Waals surface area contributed by atoms with E-state index in [0.717, 1.165) is 36.2 Å². The van der Waals surface area contributed by atoms with Crippen molar-refractivity contribution in [3.8, 4) is 0 Å². The Morgan fingerprint density at radius 1 is 1.21 bits per heavy atom. The summed E-state index contributed by atoms with van der Waals surface area (Å²) in [6.45, 7) is 13.3. The summed E-state index contributed by atoms with van der Waals surface area (Å²) in [5, 5.41) is 6.75. The van der Waals surface area contributed by atoms with E-state index in [4.69, 9.17) is 6.57 Å². The molecular formula is C23H25FN4O. The van der Waals surface area contributed by atoms with E-state index in [9.17, 15) is 9.18 Å². The number of carbonyl (C=O) groups excluding carboxylic acids is 1. The third-order valence-electron chi connectivity index (χ3n) is 5.39. The lowest BCUT2D eigenvalue weighted by Crippen LogP contribution is -2.48. The first-order valence-corrected chi connectivity index (χ1v) is 9.50. The fourth-order valence-corrected chi connectivity index (χ4v) is 3.47. The van der Waals surface area contributed by atoms with Crippen LogP contribution in [0, 0.1) is 19.3 Å². The average Bonchev–Trinajstić information content (AvgIpc) is 2.64. The number of amides is 1. The number of nitrogens with zero attached hydrogens (tertiary/aromatic N) is 2. The van der Waals surface area contributed by atoms with Crippen LogP contribution in [-0.2, 0) is 0 Å². The van der Waals surface area contributed by atoms with E-state index in [1.165, 1.54) is 17.0 Å². The molecule has 0 atom stereocenters. The molecule has 2 N–H and O–H groups in total. The van der Waals surface area contributed by atoms with Crippen molar-refractivity contribution in [2.45, 2.75) is 31.7 Å². The largest absolute Gasteiger partial charge is 0.374 e. The van der Waals surface area contributed by atoms with Gasteiger partial charge in [0.25, 0.3) is 5.91 Å². The molecule has 1 fully saturated rings. The van der Waals surface area contributed by atoms with E-state index < -0.39 is 5.82 Å². The molecule has 0 spiro atoms. The van der Waals surface area contributed by atoms with Gasteiger partial charge in [-0.2, -0.15) is 0 Å². The standard InChI is InChI=1S/C23H25FN4O/c1-15-13-17(8-10-21(15)25-3)26-16(2)23(11-6-12-23)27-18-7-9-19(20(24)14-18)22(29)28(4)5/h7-10,13-14,26-27H,2,6,11-12H2,1,4-5H3. The van der Waals surface area contributed by atoms with Gasteiger partial charge in [0, 0.05) is 31.2 Å². The Balaban J connectivity index is 1.77. The highest BCUT2D eigenvalue weighted by Gasteiger charge is 2.40. The van der Waals surface area contributed by atoms with E-state index in [1.54, 1.807) is 26.2 Å². The van der Waals surface area contributed by atoms with Crippen LogP contribution in [0.25, 0.3) is 4.85 Å². The molecule has 0 saturated heterocycles. The average molecular weight is 392 g/mol.